The number of amides is 2. The number of carbonyl (C=O) groups excluding carboxylic acids is 2. The first kappa shape index (κ1) is 18.4. The van der Waals surface area contributed by atoms with Crippen LogP contribution in [-0.4, -0.2) is 38.0 Å². The third kappa shape index (κ3) is 4.40. The van der Waals surface area contributed by atoms with E-state index in [0.717, 1.165) is 17.1 Å². The van der Waals surface area contributed by atoms with E-state index in [1.807, 2.05) is 34.9 Å². The molecule has 3 heterocycles. The van der Waals surface area contributed by atoms with Crippen LogP contribution in [0.5, 0.6) is 0 Å². The quantitative estimate of drug-likeness (QED) is 0.787. The largest absolute Gasteiger partial charge is 0.375 e. The molecule has 0 spiro atoms. The number of anilines is 1. The summed E-state index contributed by atoms with van der Waals surface area (Å²) in [6.07, 6.45) is 0.943. The van der Waals surface area contributed by atoms with E-state index < -0.39 is 0 Å². The highest BCUT2D eigenvalue weighted by Gasteiger charge is 2.23. The molecule has 0 saturated carbocycles. The number of hydrogen-bond donors (Lipinski definition) is 2. The van der Waals surface area contributed by atoms with Crippen molar-refractivity contribution >= 4 is 28.3 Å². The van der Waals surface area contributed by atoms with E-state index in [2.05, 4.69) is 15.4 Å². The van der Waals surface area contributed by atoms with Gasteiger partial charge in [0.05, 0.1) is 36.7 Å². The lowest BCUT2D eigenvalue weighted by Gasteiger charge is -2.29. The summed E-state index contributed by atoms with van der Waals surface area (Å²) >= 11 is 1.38. The Hall–Kier alpha value is -2.42. The fourth-order valence-electron chi connectivity index (χ4n) is 2.92. The summed E-state index contributed by atoms with van der Waals surface area (Å²) in [5.74, 6) is 0.116. The van der Waals surface area contributed by atoms with E-state index in [4.69, 9.17) is 5.73 Å². The molecule has 1 aliphatic heterocycles. The molecule has 0 fully saturated rings. The Kier molecular flexibility index (Phi) is 5.55. The van der Waals surface area contributed by atoms with Crippen molar-refractivity contribution in [3.8, 4) is 0 Å². The van der Waals surface area contributed by atoms with Crippen LogP contribution >= 0.6 is 11.3 Å². The van der Waals surface area contributed by atoms with Crippen LogP contribution in [0.2, 0.25) is 0 Å². The zero-order valence-electron chi connectivity index (χ0n) is 15.1. The van der Waals surface area contributed by atoms with Crippen molar-refractivity contribution in [2.75, 3.05) is 12.3 Å². The van der Waals surface area contributed by atoms with Crippen molar-refractivity contribution in [3.05, 3.63) is 28.5 Å². The van der Waals surface area contributed by atoms with Gasteiger partial charge in [-0.15, -0.1) is 11.3 Å². The third-order valence-corrected chi connectivity index (χ3v) is 5.02. The minimum atomic E-state index is -0.0424. The zero-order valence-corrected chi connectivity index (χ0v) is 15.9. The van der Waals surface area contributed by atoms with E-state index >= 15 is 0 Å². The molecule has 3 rings (SSSR count). The molecule has 8 nitrogen and oxygen atoms in total. The number of rotatable bonds is 6. The van der Waals surface area contributed by atoms with Crippen LogP contribution in [0.25, 0.3) is 0 Å². The lowest BCUT2D eigenvalue weighted by molar-refractivity contribution is -0.136. The molecule has 1 aliphatic rings. The number of fused-ring (bicyclic) bond motifs is 1. The van der Waals surface area contributed by atoms with Gasteiger partial charge in [0.15, 0.2) is 5.13 Å². The van der Waals surface area contributed by atoms with Crippen LogP contribution in [0.15, 0.2) is 11.4 Å². The average Bonchev–Trinajstić information content (AvgIpc) is 3.22. The molecule has 0 saturated heterocycles. The van der Waals surface area contributed by atoms with Gasteiger partial charge in [-0.05, 0) is 12.5 Å². The minimum absolute atomic E-state index is 0.00343. The summed E-state index contributed by atoms with van der Waals surface area (Å²) in [5, 5.41) is 9.80. The minimum Gasteiger partial charge on any atom is -0.375 e. The molecule has 0 aliphatic carbocycles. The van der Waals surface area contributed by atoms with Gasteiger partial charge < -0.3 is 16.0 Å². The van der Waals surface area contributed by atoms with E-state index in [1.165, 1.54) is 11.3 Å². The van der Waals surface area contributed by atoms with Gasteiger partial charge in [0, 0.05) is 24.3 Å². The molecule has 9 heteroatoms. The number of nitrogen functional groups attached to an aromatic ring is 1. The van der Waals surface area contributed by atoms with Crippen molar-refractivity contribution in [2.45, 2.75) is 46.3 Å². The maximum absolute atomic E-state index is 12.1. The maximum atomic E-state index is 12.1. The second-order valence-corrected chi connectivity index (χ2v) is 7.61. The molecule has 0 atom stereocenters. The number of nitrogens with zero attached hydrogens (tertiary/aromatic N) is 4. The van der Waals surface area contributed by atoms with Gasteiger partial charge in [0.2, 0.25) is 11.8 Å². The lowest BCUT2D eigenvalue weighted by atomic mass is 10.1. The first-order chi connectivity index (χ1) is 12.4. The second-order valence-electron chi connectivity index (χ2n) is 6.72. The number of thiazole rings is 1. The Balaban J connectivity index is 1.49. The van der Waals surface area contributed by atoms with Gasteiger partial charge in [0.25, 0.3) is 0 Å². The first-order valence-electron chi connectivity index (χ1n) is 8.73. The van der Waals surface area contributed by atoms with Crippen molar-refractivity contribution in [1.29, 1.82) is 0 Å². The van der Waals surface area contributed by atoms with Gasteiger partial charge in [-0.1, -0.05) is 13.8 Å². The highest BCUT2D eigenvalue weighted by atomic mass is 32.1. The van der Waals surface area contributed by atoms with E-state index in [1.54, 1.807) is 0 Å². The lowest BCUT2D eigenvalue weighted by Crippen LogP contribution is -2.40. The summed E-state index contributed by atoms with van der Waals surface area (Å²) in [5.41, 5.74) is 8.24. The van der Waals surface area contributed by atoms with Gasteiger partial charge in [0.1, 0.15) is 0 Å². The zero-order chi connectivity index (χ0) is 18.7. The van der Waals surface area contributed by atoms with Crippen molar-refractivity contribution in [3.63, 3.8) is 0 Å². The molecule has 2 aromatic rings. The van der Waals surface area contributed by atoms with Crippen LogP contribution < -0.4 is 11.1 Å². The Morgan fingerprint density at radius 1 is 1.35 bits per heavy atom. The smallest absolute Gasteiger partial charge is 0.225 e. The molecular weight excluding hydrogens is 352 g/mol. The van der Waals surface area contributed by atoms with Gasteiger partial charge in [-0.25, -0.2) is 4.98 Å². The summed E-state index contributed by atoms with van der Waals surface area (Å²) in [6.45, 7) is 6.14. The number of aromatic nitrogens is 3. The van der Waals surface area contributed by atoms with E-state index in [-0.39, 0.29) is 17.7 Å². The number of nitrogens with one attached hydrogen (secondary N) is 1. The third-order valence-electron chi connectivity index (χ3n) is 4.30. The van der Waals surface area contributed by atoms with Gasteiger partial charge in [-0.3, -0.25) is 14.3 Å². The number of hydrogen-bond acceptors (Lipinski definition) is 6. The molecule has 0 radical (unpaired) electrons. The predicted octanol–water partition coefficient (Wildman–Crippen LogP) is 1.17. The SMILES string of the molecule is CC(C)C(=O)N1CCn2nc(CNC(=O)CCc3csc(N)n3)cc2C1. The van der Waals surface area contributed by atoms with Crippen molar-refractivity contribution in [2.24, 2.45) is 5.92 Å². The van der Waals surface area contributed by atoms with Crippen LogP contribution in [0, 0.1) is 5.92 Å². The maximum Gasteiger partial charge on any atom is 0.225 e. The number of carbonyl (C=O) groups is 2. The first-order valence-corrected chi connectivity index (χ1v) is 9.61. The van der Waals surface area contributed by atoms with E-state index in [9.17, 15) is 9.59 Å². The molecular formula is C17H24N6O2S. The second kappa shape index (κ2) is 7.86. The topological polar surface area (TPSA) is 106 Å². The highest BCUT2D eigenvalue weighted by Crippen LogP contribution is 2.16. The summed E-state index contributed by atoms with van der Waals surface area (Å²) in [6, 6.07) is 1.96. The van der Waals surface area contributed by atoms with E-state index in [0.29, 0.717) is 44.2 Å². The molecule has 140 valence electrons. The summed E-state index contributed by atoms with van der Waals surface area (Å²) in [7, 11) is 0. The standard InChI is InChI=1S/C17H24N6O2S/c1-11(2)16(25)22-5-6-23-14(9-22)7-13(21-23)8-19-15(24)4-3-12-10-26-17(18)20-12/h7,10-11H,3-6,8-9H2,1-2H3,(H2,18,20)(H,19,24). The summed E-state index contributed by atoms with van der Waals surface area (Å²) < 4.78 is 1.92. The molecule has 2 amide bonds. The Labute approximate surface area is 156 Å². The molecule has 0 unspecified atom stereocenters. The fourth-order valence-corrected chi connectivity index (χ4v) is 3.52. The molecule has 26 heavy (non-hydrogen) atoms. The number of aryl methyl sites for hydroxylation is 1. The molecule has 3 N–H and O–H groups in total. The fraction of sp³-hybridized carbons (Fsp3) is 0.529. The molecule has 0 bridgehead atoms. The van der Waals surface area contributed by atoms with Crippen molar-refractivity contribution < 1.29 is 9.59 Å². The monoisotopic (exact) mass is 376 g/mol. The van der Waals surface area contributed by atoms with Gasteiger partial charge in [-0.2, -0.15) is 5.10 Å². The van der Waals surface area contributed by atoms with Crippen LogP contribution in [0.3, 0.4) is 0 Å². The normalized spacial score (nSPS) is 13.7. The predicted molar refractivity (Wildman–Crippen MR) is 99.2 cm³/mol. The molecule has 2 aromatic heterocycles. The van der Waals surface area contributed by atoms with Crippen molar-refractivity contribution in [1.82, 2.24) is 25.0 Å². The molecule has 0 aromatic carbocycles. The highest BCUT2D eigenvalue weighted by molar-refractivity contribution is 7.13. The average molecular weight is 376 g/mol. The van der Waals surface area contributed by atoms with Gasteiger partial charge >= 0.3 is 0 Å². The summed E-state index contributed by atoms with van der Waals surface area (Å²) in [4.78, 5) is 30.2. The van der Waals surface area contributed by atoms with Crippen LogP contribution in [-0.2, 0) is 35.6 Å². The number of nitrogens with two attached hydrogens (primary N) is 1. The van der Waals surface area contributed by atoms with Crippen LogP contribution in [0.4, 0.5) is 5.13 Å². The van der Waals surface area contributed by atoms with Crippen LogP contribution in [0.1, 0.15) is 37.4 Å². The Morgan fingerprint density at radius 2 is 2.15 bits per heavy atom. The Morgan fingerprint density at radius 3 is 2.85 bits per heavy atom. The Bertz CT molecular complexity index is 797.